The minimum Gasteiger partial charge on any atom is -0.345 e. The molecule has 0 radical (unpaired) electrons. The summed E-state index contributed by atoms with van der Waals surface area (Å²) >= 11 is 0. The predicted octanol–water partition coefficient (Wildman–Crippen LogP) is 1.21. The molecular formula is C10H18BN3O. The van der Waals surface area contributed by atoms with E-state index in [1.54, 1.807) is 0 Å². The molecule has 82 valence electrons. The van der Waals surface area contributed by atoms with Gasteiger partial charge in [0.2, 0.25) is 13.3 Å². The average Bonchev–Trinajstić information content (AvgIpc) is 2.78. The molecule has 5 heteroatoms. The quantitative estimate of drug-likeness (QED) is 0.698. The molecule has 0 aliphatic carbocycles. The van der Waals surface area contributed by atoms with Crippen LogP contribution in [0.5, 0.6) is 0 Å². The maximum absolute atomic E-state index is 5.16. The zero-order chi connectivity index (χ0) is 10.7. The van der Waals surface area contributed by atoms with Gasteiger partial charge in [-0.2, -0.15) is 4.98 Å². The molecule has 1 atom stereocenters. The second kappa shape index (κ2) is 4.79. The number of hydrogen-bond donors (Lipinski definition) is 0. The van der Waals surface area contributed by atoms with Gasteiger partial charge < -0.3 is 9.33 Å². The van der Waals surface area contributed by atoms with E-state index in [1.165, 1.54) is 19.4 Å². The Morgan fingerprint density at radius 2 is 2.47 bits per heavy atom. The van der Waals surface area contributed by atoms with Gasteiger partial charge in [0.1, 0.15) is 0 Å². The van der Waals surface area contributed by atoms with Crippen LogP contribution in [0.3, 0.4) is 0 Å². The molecule has 1 fully saturated rings. The first kappa shape index (κ1) is 10.7. The van der Waals surface area contributed by atoms with Crippen molar-refractivity contribution in [1.29, 1.82) is 0 Å². The third-order valence-corrected chi connectivity index (χ3v) is 3.10. The van der Waals surface area contributed by atoms with Crippen LogP contribution >= 0.6 is 0 Å². The zero-order valence-electron chi connectivity index (χ0n) is 9.57. The van der Waals surface area contributed by atoms with E-state index >= 15 is 0 Å². The molecule has 0 bridgehead atoms. The highest BCUT2D eigenvalue weighted by Gasteiger charge is 2.24. The molecule has 2 heterocycles. The van der Waals surface area contributed by atoms with Gasteiger partial charge in [-0.3, -0.25) is 0 Å². The Morgan fingerprint density at radius 3 is 3.13 bits per heavy atom. The summed E-state index contributed by atoms with van der Waals surface area (Å²) < 4.78 is 5.16. The second-order valence-electron chi connectivity index (χ2n) is 4.13. The van der Waals surface area contributed by atoms with E-state index in [0.717, 1.165) is 32.1 Å². The summed E-state index contributed by atoms with van der Waals surface area (Å²) in [6.07, 6.45) is 3.27. The molecule has 1 saturated heterocycles. The van der Waals surface area contributed by atoms with Gasteiger partial charge in [0, 0.05) is 12.3 Å². The molecule has 1 aromatic rings. The summed E-state index contributed by atoms with van der Waals surface area (Å²) in [5, 5.41) is 4.07. The summed E-state index contributed by atoms with van der Waals surface area (Å²) in [5.41, 5.74) is 0. The summed E-state index contributed by atoms with van der Waals surface area (Å²) in [6.45, 7) is 6.54. The van der Waals surface area contributed by atoms with Gasteiger partial charge in [-0.25, -0.2) is 0 Å². The Labute approximate surface area is 91.3 Å². The Balaban J connectivity index is 2.03. The van der Waals surface area contributed by atoms with E-state index in [9.17, 15) is 0 Å². The minimum atomic E-state index is 0.475. The number of aromatic nitrogens is 2. The van der Waals surface area contributed by atoms with Crippen molar-refractivity contribution in [2.75, 3.05) is 13.1 Å². The van der Waals surface area contributed by atoms with E-state index in [1.807, 2.05) is 6.92 Å². The van der Waals surface area contributed by atoms with Gasteiger partial charge in [-0.1, -0.05) is 18.9 Å². The van der Waals surface area contributed by atoms with E-state index in [2.05, 4.69) is 21.8 Å². The fraction of sp³-hybridized carbons (Fsp3) is 0.800. The topological polar surface area (TPSA) is 42.2 Å². The van der Waals surface area contributed by atoms with E-state index in [0.29, 0.717) is 5.92 Å². The molecule has 1 aliphatic rings. The number of nitrogens with zero attached hydrogens (tertiary/aromatic N) is 3. The average molecular weight is 207 g/mol. The Kier molecular flexibility index (Phi) is 3.41. The molecule has 2 rings (SSSR count). The van der Waals surface area contributed by atoms with Crippen molar-refractivity contribution in [2.24, 2.45) is 0 Å². The summed E-state index contributed by atoms with van der Waals surface area (Å²) in [6, 6.07) is 0. The standard InChI is InChI=1S/C10H18BN3O/c1-3-9-12-10(13-15-9)8-5-4-6-14(7-8)11-2/h8,11H,3-7H2,1-2H3. The lowest BCUT2D eigenvalue weighted by atomic mass is 9.87. The number of rotatable bonds is 3. The fourth-order valence-corrected chi connectivity index (χ4v) is 2.13. The van der Waals surface area contributed by atoms with E-state index in [-0.39, 0.29) is 0 Å². The van der Waals surface area contributed by atoms with Gasteiger partial charge in [-0.15, -0.1) is 0 Å². The van der Waals surface area contributed by atoms with Crippen LogP contribution in [0.25, 0.3) is 0 Å². The molecule has 15 heavy (non-hydrogen) atoms. The molecule has 1 aliphatic heterocycles. The third kappa shape index (κ3) is 2.40. The van der Waals surface area contributed by atoms with Crippen molar-refractivity contribution in [3.63, 3.8) is 0 Å². The molecule has 1 aromatic heterocycles. The second-order valence-corrected chi connectivity index (χ2v) is 4.13. The maximum Gasteiger partial charge on any atom is 0.226 e. The van der Waals surface area contributed by atoms with Crippen LogP contribution in [0, 0.1) is 0 Å². The van der Waals surface area contributed by atoms with Crippen molar-refractivity contribution in [2.45, 2.75) is 38.9 Å². The van der Waals surface area contributed by atoms with Crippen LogP contribution in [0.2, 0.25) is 6.82 Å². The molecule has 0 spiro atoms. The van der Waals surface area contributed by atoms with Gasteiger partial charge in [-0.05, 0) is 25.9 Å². The highest BCUT2D eigenvalue weighted by molar-refractivity contribution is 6.29. The van der Waals surface area contributed by atoms with Crippen molar-refractivity contribution in [1.82, 2.24) is 15.0 Å². The van der Waals surface area contributed by atoms with Crippen molar-refractivity contribution < 1.29 is 4.52 Å². The van der Waals surface area contributed by atoms with Crippen LogP contribution in [-0.2, 0) is 6.42 Å². The molecule has 0 aromatic carbocycles. The minimum absolute atomic E-state index is 0.475. The van der Waals surface area contributed by atoms with Gasteiger partial charge >= 0.3 is 0 Å². The Bertz CT molecular complexity index is 315. The summed E-state index contributed by atoms with van der Waals surface area (Å²) in [5.74, 6) is 2.14. The van der Waals surface area contributed by atoms with Crippen LogP contribution in [-0.4, -0.2) is 35.5 Å². The predicted molar refractivity (Wildman–Crippen MR) is 60.2 cm³/mol. The third-order valence-electron chi connectivity index (χ3n) is 3.10. The molecule has 4 nitrogen and oxygen atoms in total. The van der Waals surface area contributed by atoms with E-state index in [4.69, 9.17) is 4.52 Å². The van der Waals surface area contributed by atoms with Gasteiger partial charge in [0.25, 0.3) is 0 Å². The van der Waals surface area contributed by atoms with Crippen LogP contribution in [0.1, 0.15) is 37.4 Å². The van der Waals surface area contributed by atoms with Crippen molar-refractivity contribution >= 4 is 7.41 Å². The SMILES string of the molecule is CBN1CCCC(c2noc(CC)n2)C1. The first-order chi connectivity index (χ1) is 7.33. The van der Waals surface area contributed by atoms with Crippen LogP contribution < -0.4 is 0 Å². The molecule has 0 amide bonds. The van der Waals surface area contributed by atoms with Crippen molar-refractivity contribution in [3.05, 3.63) is 11.7 Å². The summed E-state index contributed by atoms with van der Waals surface area (Å²) in [7, 11) is 1.12. The first-order valence-electron chi connectivity index (χ1n) is 5.88. The van der Waals surface area contributed by atoms with Crippen LogP contribution in [0.15, 0.2) is 4.52 Å². The number of piperidine rings is 1. The first-order valence-corrected chi connectivity index (χ1v) is 5.88. The lowest BCUT2D eigenvalue weighted by molar-refractivity contribution is 0.307. The largest absolute Gasteiger partial charge is 0.345 e. The highest BCUT2D eigenvalue weighted by atomic mass is 16.5. The number of hydrogen-bond acceptors (Lipinski definition) is 4. The molecular weight excluding hydrogens is 189 g/mol. The Hall–Kier alpha value is -0.835. The summed E-state index contributed by atoms with van der Waals surface area (Å²) in [4.78, 5) is 6.87. The molecule has 1 unspecified atom stereocenters. The van der Waals surface area contributed by atoms with E-state index < -0.39 is 0 Å². The lowest BCUT2D eigenvalue weighted by Gasteiger charge is -2.29. The maximum atomic E-state index is 5.16. The van der Waals surface area contributed by atoms with Crippen LogP contribution in [0.4, 0.5) is 0 Å². The lowest BCUT2D eigenvalue weighted by Crippen LogP contribution is -2.36. The smallest absolute Gasteiger partial charge is 0.226 e. The molecule has 0 saturated carbocycles. The van der Waals surface area contributed by atoms with Crippen molar-refractivity contribution in [3.8, 4) is 0 Å². The fourth-order valence-electron chi connectivity index (χ4n) is 2.13. The molecule has 0 N–H and O–H groups in total. The normalized spacial score (nSPS) is 22.9. The van der Waals surface area contributed by atoms with Gasteiger partial charge in [0.05, 0.1) is 0 Å². The monoisotopic (exact) mass is 207 g/mol. The highest BCUT2D eigenvalue weighted by Crippen LogP contribution is 2.24. The zero-order valence-corrected chi connectivity index (χ0v) is 9.57. The van der Waals surface area contributed by atoms with Gasteiger partial charge in [0.15, 0.2) is 5.82 Å². The number of aryl methyl sites for hydroxylation is 1. The Morgan fingerprint density at radius 1 is 1.60 bits per heavy atom.